The fraction of sp³-hybridized carbons (Fsp3) is 0.600. The molecule has 0 aromatic heterocycles. The van der Waals surface area contributed by atoms with E-state index in [2.05, 4.69) is 64.7 Å². The van der Waals surface area contributed by atoms with Crippen molar-refractivity contribution in [1.82, 2.24) is 10.6 Å². The lowest BCUT2D eigenvalue weighted by atomic mass is 9.84. The average molecular weight is 311 g/mol. The molecule has 0 spiro atoms. The van der Waals surface area contributed by atoms with Crippen molar-refractivity contribution >= 4 is 15.9 Å². The van der Waals surface area contributed by atoms with Crippen LogP contribution in [0.25, 0.3) is 0 Å². The van der Waals surface area contributed by atoms with Crippen molar-refractivity contribution in [2.24, 2.45) is 0 Å². The molecule has 18 heavy (non-hydrogen) atoms. The van der Waals surface area contributed by atoms with E-state index >= 15 is 0 Å². The molecule has 3 heteroatoms. The molecule has 0 radical (unpaired) electrons. The summed E-state index contributed by atoms with van der Waals surface area (Å²) >= 11 is 3.55. The van der Waals surface area contributed by atoms with Crippen molar-refractivity contribution < 1.29 is 0 Å². The summed E-state index contributed by atoms with van der Waals surface area (Å²) in [7, 11) is 0. The molecular weight excluding hydrogens is 288 g/mol. The third-order valence-corrected chi connectivity index (χ3v) is 4.27. The van der Waals surface area contributed by atoms with Gasteiger partial charge in [-0.1, -0.05) is 41.9 Å². The molecule has 1 aromatic carbocycles. The molecule has 0 unspecified atom stereocenters. The zero-order valence-corrected chi connectivity index (χ0v) is 12.9. The highest BCUT2D eigenvalue weighted by molar-refractivity contribution is 9.10. The molecule has 2 rings (SSSR count). The Balaban J connectivity index is 1.94. The molecule has 0 amide bonds. The summed E-state index contributed by atoms with van der Waals surface area (Å²) in [5, 5.41) is 7.13. The first-order chi connectivity index (χ1) is 8.58. The Morgan fingerprint density at radius 2 is 2.06 bits per heavy atom. The highest BCUT2D eigenvalue weighted by Crippen LogP contribution is 2.25. The molecule has 2 nitrogen and oxygen atoms in total. The van der Waals surface area contributed by atoms with E-state index in [0.717, 1.165) is 24.1 Å². The summed E-state index contributed by atoms with van der Waals surface area (Å²) in [4.78, 5) is 0. The number of benzene rings is 1. The monoisotopic (exact) mass is 310 g/mol. The molecule has 100 valence electrons. The first-order valence-electron chi connectivity index (χ1n) is 6.78. The van der Waals surface area contributed by atoms with Crippen molar-refractivity contribution in [2.75, 3.05) is 19.6 Å². The van der Waals surface area contributed by atoms with Crippen LogP contribution >= 0.6 is 15.9 Å². The van der Waals surface area contributed by atoms with Crippen LogP contribution in [-0.4, -0.2) is 25.7 Å². The second kappa shape index (κ2) is 6.18. The van der Waals surface area contributed by atoms with E-state index in [1.165, 1.54) is 18.4 Å². The van der Waals surface area contributed by atoms with E-state index in [0.29, 0.717) is 6.04 Å². The number of piperidine rings is 1. The van der Waals surface area contributed by atoms with E-state index in [4.69, 9.17) is 0 Å². The van der Waals surface area contributed by atoms with Gasteiger partial charge in [-0.05, 0) is 43.6 Å². The average Bonchev–Trinajstić information content (AvgIpc) is 2.38. The molecule has 0 aliphatic carbocycles. The zero-order chi connectivity index (χ0) is 13.0. The van der Waals surface area contributed by atoms with Crippen molar-refractivity contribution in [1.29, 1.82) is 0 Å². The maximum Gasteiger partial charge on any atom is 0.0178 e. The summed E-state index contributed by atoms with van der Waals surface area (Å²) in [5.74, 6) is 0. The second-order valence-corrected chi connectivity index (χ2v) is 6.72. The third-order valence-electron chi connectivity index (χ3n) is 3.78. The van der Waals surface area contributed by atoms with Gasteiger partial charge in [-0.2, -0.15) is 0 Å². The predicted molar refractivity (Wildman–Crippen MR) is 81.1 cm³/mol. The van der Waals surface area contributed by atoms with Crippen molar-refractivity contribution in [3.8, 4) is 0 Å². The van der Waals surface area contributed by atoms with Crippen LogP contribution in [-0.2, 0) is 5.41 Å². The lowest BCUT2D eigenvalue weighted by Crippen LogP contribution is -2.44. The number of hydrogen-bond acceptors (Lipinski definition) is 2. The number of nitrogens with one attached hydrogen (secondary N) is 2. The Hall–Kier alpha value is -0.380. The van der Waals surface area contributed by atoms with Gasteiger partial charge in [0.25, 0.3) is 0 Å². The Bertz CT molecular complexity index is 384. The number of rotatable bonds is 4. The molecule has 0 atom stereocenters. The zero-order valence-electron chi connectivity index (χ0n) is 11.3. The van der Waals surface area contributed by atoms with Crippen LogP contribution in [0.5, 0.6) is 0 Å². The molecule has 1 saturated heterocycles. The van der Waals surface area contributed by atoms with Gasteiger partial charge in [0.15, 0.2) is 0 Å². The molecule has 2 N–H and O–H groups in total. The van der Waals surface area contributed by atoms with E-state index in [1.807, 2.05) is 0 Å². The maximum absolute atomic E-state index is 3.72. The van der Waals surface area contributed by atoms with Crippen LogP contribution in [0.3, 0.4) is 0 Å². The van der Waals surface area contributed by atoms with Crippen LogP contribution in [0, 0.1) is 0 Å². The lowest BCUT2D eigenvalue weighted by Gasteiger charge is -2.31. The highest BCUT2D eigenvalue weighted by Gasteiger charge is 2.22. The van der Waals surface area contributed by atoms with Crippen molar-refractivity contribution in [3.63, 3.8) is 0 Å². The van der Waals surface area contributed by atoms with Gasteiger partial charge < -0.3 is 10.6 Å². The Morgan fingerprint density at radius 1 is 1.33 bits per heavy atom. The van der Waals surface area contributed by atoms with Crippen LogP contribution < -0.4 is 10.6 Å². The minimum Gasteiger partial charge on any atom is -0.317 e. The topological polar surface area (TPSA) is 24.1 Å². The van der Waals surface area contributed by atoms with Gasteiger partial charge in [0.1, 0.15) is 0 Å². The molecule has 1 heterocycles. The summed E-state index contributed by atoms with van der Waals surface area (Å²) in [5.41, 5.74) is 1.56. The fourth-order valence-electron chi connectivity index (χ4n) is 2.44. The second-order valence-electron chi connectivity index (χ2n) is 5.80. The summed E-state index contributed by atoms with van der Waals surface area (Å²) in [6.07, 6.45) is 2.49. The standard InChI is InChI=1S/C15H23BrN2/c1-15(2,12-4-3-5-13(16)10-12)11-18-14-6-8-17-9-7-14/h3-5,10,14,17-18H,6-9,11H2,1-2H3. The number of halogens is 1. The lowest BCUT2D eigenvalue weighted by molar-refractivity contribution is 0.351. The quantitative estimate of drug-likeness (QED) is 0.893. The van der Waals surface area contributed by atoms with Gasteiger partial charge in [0.2, 0.25) is 0 Å². The molecule has 1 aromatic rings. The number of hydrogen-bond donors (Lipinski definition) is 2. The fourth-order valence-corrected chi connectivity index (χ4v) is 2.84. The molecule has 1 aliphatic rings. The Labute approximate surface area is 119 Å². The van der Waals surface area contributed by atoms with Crippen LogP contribution in [0.2, 0.25) is 0 Å². The van der Waals surface area contributed by atoms with Gasteiger partial charge in [-0.15, -0.1) is 0 Å². The van der Waals surface area contributed by atoms with E-state index in [1.54, 1.807) is 0 Å². The molecular formula is C15H23BrN2. The molecule has 0 bridgehead atoms. The highest BCUT2D eigenvalue weighted by atomic mass is 79.9. The van der Waals surface area contributed by atoms with Gasteiger partial charge in [-0.25, -0.2) is 0 Å². The van der Waals surface area contributed by atoms with Crippen molar-refractivity contribution in [2.45, 2.75) is 38.1 Å². The summed E-state index contributed by atoms with van der Waals surface area (Å²) < 4.78 is 1.16. The van der Waals surface area contributed by atoms with Gasteiger partial charge in [0.05, 0.1) is 0 Å². The van der Waals surface area contributed by atoms with E-state index in [-0.39, 0.29) is 5.41 Å². The minimum absolute atomic E-state index is 0.175. The van der Waals surface area contributed by atoms with E-state index in [9.17, 15) is 0 Å². The minimum atomic E-state index is 0.175. The smallest absolute Gasteiger partial charge is 0.0178 e. The Kier molecular flexibility index (Phi) is 4.82. The van der Waals surface area contributed by atoms with Crippen LogP contribution in [0.15, 0.2) is 28.7 Å². The van der Waals surface area contributed by atoms with Gasteiger partial charge in [-0.3, -0.25) is 0 Å². The van der Waals surface area contributed by atoms with Crippen LogP contribution in [0.4, 0.5) is 0 Å². The summed E-state index contributed by atoms with van der Waals surface area (Å²) in [6, 6.07) is 9.32. The first kappa shape index (κ1) is 14.0. The van der Waals surface area contributed by atoms with Gasteiger partial charge in [0, 0.05) is 22.5 Å². The van der Waals surface area contributed by atoms with Crippen molar-refractivity contribution in [3.05, 3.63) is 34.3 Å². The van der Waals surface area contributed by atoms with Crippen LogP contribution in [0.1, 0.15) is 32.3 Å². The third kappa shape index (κ3) is 3.81. The largest absolute Gasteiger partial charge is 0.317 e. The normalized spacial score (nSPS) is 17.9. The molecule has 0 saturated carbocycles. The maximum atomic E-state index is 3.72. The Morgan fingerprint density at radius 3 is 2.72 bits per heavy atom. The molecule has 1 fully saturated rings. The summed E-state index contributed by atoms with van der Waals surface area (Å²) in [6.45, 7) is 7.95. The van der Waals surface area contributed by atoms with Gasteiger partial charge >= 0.3 is 0 Å². The first-order valence-corrected chi connectivity index (χ1v) is 7.57. The predicted octanol–water partition coefficient (Wildman–Crippen LogP) is 3.07. The molecule has 1 aliphatic heterocycles. The SMILES string of the molecule is CC(C)(CNC1CCNCC1)c1cccc(Br)c1. The van der Waals surface area contributed by atoms with E-state index < -0.39 is 0 Å².